The van der Waals surface area contributed by atoms with E-state index < -0.39 is 0 Å². The second kappa shape index (κ2) is 7.95. The minimum absolute atomic E-state index is 0.0608. The molecule has 0 aromatic heterocycles. The number of carbonyl (C=O) groups is 2. The van der Waals surface area contributed by atoms with Gasteiger partial charge in [0.15, 0.2) is 5.78 Å². The Bertz CT molecular complexity index is 624. The first kappa shape index (κ1) is 15.7. The van der Waals surface area contributed by atoms with Gasteiger partial charge in [-0.2, -0.15) is 0 Å². The summed E-state index contributed by atoms with van der Waals surface area (Å²) in [4.78, 5) is 23.6. The van der Waals surface area contributed by atoms with E-state index in [1.165, 1.54) is 12.1 Å². The van der Waals surface area contributed by atoms with Crippen LogP contribution in [-0.2, 0) is 0 Å². The summed E-state index contributed by atoms with van der Waals surface area (Å²) in [6.45, 7) is 1.13. The van der Waals surface area contributed by atoms with E-state index >= 15 is 0 Å². The Labute approximate surface area is 129 Å². The molecule has 0 aliphatic heterocycles. The van der Waals surface area contributed by atoms with Gasteiger partial charge in [-0.05, 0) is 36.4 Å². The number of rotatable bonds is 7. The quantitative estimate of drug-likeness (QED) is 0.536. The lowest BCUT2D eigenvalue weighted by Crippen LogP contribution is -2.34. The number of ketones is 1. The van der Waals surface area contributed by atoms with Crippen molar-refractivity contribution in [3.8, 4) is 5.75 Å². The minimum atomic E-state index is -0.132. The Morgan fingerprint density at radius 2 is 1.55 bits per heavy atom. The molecule has 22 heavy (non-hydrogen) atoms. The lowest BCUT2D eigenvalue weighted by atomic mass is 10.1. The molecule has 0 heterocycles. The van der Waals surface area contributed by atoms with E-state index in [-0.39, 0.29) is 24.0 Å². The maximum absolute atomic E-state index is 11.8. The monoisotopic (exact) mass is 298 g/mol. The zero-order valence-electron chi connectivity index (χ0n) is 12.1. The van der Waals surface area contributed by atoms with Gasteiger partial charge in [-0.25, -0.2) is 0 Å². The minimum Gasteiger partial charge on any atom is -0.508 e. The van der Waals surface area contributed by atoms with Crippen molar-refractivity contribution in [1.29, 1.82) is 0 Å². The van der Waals surface area contributed by atoms with Gasteiger partial charge in [0, 0.05) is 24.2 Å². The topological polar surface area (TPSA) is 78.4 Å². The number of phenols is 1. The van der Waals surface area contributed by atoms with Crippen molar-refractivity contribution in [2.24, 2.45) is 0 Å². The molecule has 114 valence electrons. The molecule has 0 unspecified atom stereocenters. The third-order valence-electron chi connectivity index (χ3n) is 3.10. The third kappa shape index (κ3) is 4.71. The molecule has 0 bridgehead atoms. The highest BCUT2D eigenvalue weighted by Crippen LogP contribution is 2.09. The number of benzene rings is 2. The van der Waals surface area contributed by atoms with Crippen LogP contribution in [0.2, 0.25) is 0 Å². The molecule has 0 aliphatic rings. The molecule has 0 saturated carbocycles. The molecular formula is C17H18N2O3. The van der Waals surface area contributed by atoms with Gasteiger partial charge in [-0.3, -0.25) is 9.59 Å². The van der Waals surface area contributed by atoms with Crippen LogP contribution >= 0.6 is 0 Å². The van der Waals surface area contributed by atoms with Crippen molar-refractivity contribution < 1.29 is 14.7 Å². The molecule has 0 atom stereocenters. The number of Topliss-reactive ketones (excluding diaryl/α,β-unsaturated/α-hetero) is 1. The largest absolute Gasteiger partial charge is 0.508 e. The summed E-state index contributed by atoms with van der Waals surface area (Å²) in [6, 6.07) is 15.1. The maximum atomic E-state index is 11.8. The summed E-state index contributed by atoms with van der Waals surface area (Å²) in [5.74, 6) is -0.0604. The van der Waals surface area contributed by atoms with Crippen LogP contribution in [0, 0.1) is 0 Å². The summed E-state index contributed by atoms with van der Waals surface area (Å²) in [6.07, 6.45) is 0. The molecule has 1 amide bonds. The normalized spacial score (nSPS) is 10.2. The predicted octanol–water partition coefficient (Wildman–Crippen LogP) is 1.59. The number of amides is 1. The van der Waals surface area contributed by atoms with Crippen molar-refractivity contribution in [2.75, 3.05) is 19.6 Å². The Morgan fingerprint density at radius 3 is 2.23 bits per heavy atom. The second-order valence-corrected chi connectivity index (χ2v) is 4.77. The van der Waals surface area contributed by atoms with Gasteiger partial charge >= 0.3 is 0 Å². The molecule has 5 nitrogen and oxygen atoms in total. The molecule has 2 rings (SSSR count). The van der Waals surface area contributed by atoms with Crippen LogP contribution in [0.3, 0.4) is 0 Å². The van der Waals surface area contributed by atoms with E-state index in [0.717, 1.165) is 0 Å². The number of nitrogens with one attached hydrogen (secondary N) is 2. The molecule has 3 N–H and O–H groups in total. The zero-order chi connectivity index (χ0) is 15.8. The van der Waals surface area contributed by atoms with Crippen molar-refractivity contribution >= 4 is 11.7 Å². The average molecular weight is 298 g/mol. The fourth-order valence-electron chi connectivity index (χ4n) is 1.91. The smallest absolute Gasteiger partial charge is 0.251 e. The van der Waals surface area contributed by atoms with Crippen molar-refractivity contribution in [3.63, 3.8) is 0 Å². The van der Waals surface area contributed by atoms with Gasteiger partial charge in [0.05, 0.1) is 6.54 Å². The maximum Gasteiger partial charge on any atom is 0.251 e. The van der Waals surface area contributed by atoms with Crippen LogP contribution < -0.4 is 10.6 Å². The Morgan fingerprint density at radius 1 is 0.864 bits per heavy atom. The van der Waals surface area contributed by atoms with Gasteiger partial charge < -0.3 is 15.7 Å². The Kier molecular flexibility index (Phi) is 5.68. The number of aromatic hydroxyl groups is 1. The molecule has 5 heteroatoms. The van der Waals surface area contributed by atoms with Crippen LogP contribution in [0.15, 0.2) is 54.6 Å². The molecule has 0 fully saturated rings. The molecule has 2 aromatic rings. The molecule has 0 aliphatic carbocycles. The summed E-state index contributed by atoms with van der Waals surface area (Å²) < 4.78 is 0. The van der Waals surface area contributed by atoms with Crippen LogP contribution in [0.1, 0.15) is 20.7 Å². The first-order valence-corrected chi connectivity index (χ1v) is 7.03. The van der Waals surface area contributed by atoms with Crippen LogP contribution in [0.5, 0.6) is 5.75 Å². The first-order valence-electron chi connectivity index (χ1n) is 7.03. The summed E-state index contributed by atoms with van der Waals surface area (Å²) in [5, 5.41) is 14.9. The van der Waals surface area contributed by atoms with Gasteiger partial charge in [0.1, 0.15) is 5.75 Å². The summed E-state index contributed by atoms with van der Waals surface area (Å²) >= 11 is 0. The summed E-state index contributed by atoms with van der Waals surface area (Å²) in [5.41, 5.74) is 1.15. The van der Waals surface area contributed by atoms with E-state index in [1.54, 1.807) is 24.3 Å². The molecule has 0 saturated heterocycles. The van der Waals surface area contributed by atoms with E-state index in [2.05, 4.69) is 10.6 Å². The average Bonchev–Trinajstić information content (AvgIpc) is 2.55. The third-order valence-corrected chi connectivity index (χ3v) is 3.10. The predicted molar refractivity (Wildman–Crippen MR) is 84.1 cm³/mol. The fourth-order valence-corrected chi connectivity index (χ4v) is 1.91. The number of carbonyl (C=O) groups excluding carboxylic acids is 2. The van der Waals surface area contributed by atoms with E-state index in [4.69, 9.17) is 5.11 Å². The van der Waals surface area contributed by atoms with Gasteiger partial charge in [0.25, 0.3) is 5.91 Å². The number of phenolic OH excluding ortho intramolecular Hbond substituents is 1. The molecule has 0 spiro atoms. The summed E-state index contributed by atoms with van der Waals surface area (Å²) in [7, 11) is 0. The van der Waals surface area contributed by atoms with Crippen LogP contribution in [-0.4, -0.2) is 36.4 Å². The highest BCUT2D eigenvalue weighted by Gasteiger charge is 2.06. The van der Waals surface area contributed by atoms with Crippen LogP contribution in [0.4, 0.5) is 0 Å². The molecule has 0 radical (unpaired) electrons. The number of hydrogen-bond donors (Lipinski definition) is 3. The number of hydrogen-bond acceptors (Lipinski definition) is 4. The second-order valence-electron chi connectivity index (χ2n) is 4.77. The van der Waals surface area contributed by atoms with Gasteiger partial charge in [-0.1, -0.05) is 18.2 Å². The molecular weight excluding hydrogens is 280 g/mol. The Hall–Kier alpha value is -2.66. The fraction of sp³-hybridized carbons (Fsp3) is 0.176. The van der Waals surface area contributed by atoms with Gasteiger partial charge in [-0.15, -0.1) is 0 Å². The lowest BCUT2D eigenvalue weighted by molar-refractivity contribution is 0.0954. The van der Waals surface area contributed by atoms with E-state index in [0.29, 0.717) is 24.2 Å². The van der Waals surface area contributed by atoms with Crippen LogP contribution in [0.25, 0.3) is 0 Å². The lowest BCUT2D eigenvalue weighted by Gasteiger charge is -2.07. The standard InChI is InChI=1S/C17H18N2O3/c20-15-8-6-13(7-9-15)16(21)12-18-10-11-19-17(22)14-4-2-1-3-5-14/h1-9,18,20H,10-12H2,(H,19,22). The highest BCUT2D eigenvalue weighted by atomic mass is 16.3. The zero-order valence-corrected chi connectivity index (χ0v) is 12.1. The van der Waals surface area contributed by atoms with E-state index in [1.807, 2.05) is 18.2 Å². The highest BCUT2D eigenvalue weighted by molar-refractivity contribution is 5.97. The van der Waals surface area contributed by atoms with Crippen molar-refractivity contribution in [2.45, 2.75) is 0 Å². The van der Waals surface area contributed by atoms with E-state index in [9.17, 15) is 9.59 Å². The first-order chi connectivity index (χ1) is 10.7. The van der Waals surface area contributed by atoms with Crippen molar-refractivity contribution in [3.05, 3.63) is 65.7 Å². The Balaban J connectivity index is 1.66. The van der Waals surface area contributed by atoms with Crippen molar-refractivity contribution in [1.82, 2.24) is 10.6 Å². The van der Waals surface area contributed by atoms with Gasteiger partial charge in [0.2, 0.25) is 0 Å². The molecule has 2 aromatic carbocycles. The SMILES string of the molecule is O=C(CNCCNC(=O)c1ccccc1)c1ccc(O)cc1.